The van der Waals surface area contributed by atoms with Gasteiger partial charge in [-0.2, -0.15) is 5.10 Å². The summed E-state index contributed by atoms with van der Waals surface area (Å²) in [6, 6.07) is 5.51. The minimum Gasteiger partial charge on any atom is -0.360 e. The first-order valence-corrected chi connectivity index (χ1v) is 7.99. The van der Waals surface area contributed by atoms with Crippen LogP contribution in [0.1, 0.15) is 11.3 Å². The van der Waals surface area contributed by atoms with Crippen molar-refractivity contribution in [2.45, 2.75) is 18.7 Å². The normalized spacial score (nSPS) is 11.3. The van der Waals surface area contributed by atoms with E-state index in [4.69, 9.17) is 0 Å². The van der Waals surface area contributed by atoms with Gasteiger partial charge < -0.3 is 4.90 Å². The maximum Gasteiger partial charge on any atom is 0.264 e. The number of sulfonamides is 1. The highest BCUT2D eigenvalue weighted by Gasteiger charge is 2.21. The third-order valence-corrected chi connectivity index (χ3v) is 4.34. The topological polar surface area (TPSA) is 75.2 Å². The molecule has 6 nitrogen and oxygen atoms in total. The van der Waals surface area contributed by atoms with Crippen molar-refractivity contribution in [1.29, 1.82) is 0 Å². The number of benzene rings is 1. The fourth-order valence-corrected chi connectivity index (χ4v) is 3.02. The van der Waals surface area contributed by atoms with Gasteiger partial charge in [0.25, 0.3) is 10.0 Å². The van der Waals surface area contributed by atoms with Gasteiger partial charge in [-0.15, -0.1) is 5.10 Å². The molecule has 0 aliphatic heterocycles. The van der Waals surface area contributed by atoms with E-state index in [1.807, 2.05) is 0 Å². The Hall–Kier alpha value is -2.22. The number of aryl methyl sites for hydroxylation is 2. The molecule has 2 rings (SSSR count). The molecule has 0 amide bonds. The fraction of sp³-hybridized carbons (Fsp3) is 0.286. The third kappa shape index (κ3) is 3.33. The summed E-state index contributed by atoms with van der Waals surface area (Å²) in [7, 11) is -0.629. The lowest BCUT2D eigenvalue weighted by Crippen LogP contribution is -2.20. The maximum atomic E-state index is 13.9. The fourth-order valence-electron chi connectivity index (χ4n) is 1.91. The van der Waals surface area contributed by atoms with Crippen LogP contribution >= 0.6 is 0 Å². The number of hydrogen-bond acceptors (Lipinski definition) is 5. The molecule has 0 bridgehead atoms. The minimum atomic E-state index is -4.05. The predicted molar refractivity (Wildman–Crippen MR) is 83.0 cm³/mol. The number of nitrogens with one attached hydrogen (secondary N) is 1. The zero-order valence-electron chi connectivity index (χ0n) is 12.8. The van der Waals surface area contributed by atoms with Gasteiger partial charge in [0.05, 0.1) is 11.4 Å². The Morgan fingerprint density at radius 1 is 1.14 bits per heavy atom. The zero-order valence-corrected chi connectivity index (χ0v) is 13.6. The Morgan fingerprint density at radius 3 is 2.41 bits per heavy atom. The molecule has 1 heterocycles. The Labute approximate surface area is 129 Å². The lowest BCUT2D eigenvalue weighted by Gasteiger charge is -2.17. The second kappa shape index (κ2) is 5.88. The molecule has 0 saturated heterocycles. The number of halogens is 1. The van der Waals surface area contributed by atoms with Crippen molar-refractivity contribution < 1.29 is 12.8 Å². The van der Waals surface area contributed by atoms with Crippen LogP contribution in [0.3, 0.4) is 0 Å². The van der Waals surface area contributed by atoms with Gasteiger partial charge in [0.2, 0.25) is 0 Å². The van der Waals surface area contributed by atoms with Crippen molar-refractivity contribution >= 4 is 21.5 Å². The van der Waals surface area contributed by atoms with Gasteiger partial charge in [0, 0.05) is 14.1 Å². The molecule has 0 fully saturated rings. The predicted octanol–water partition coefficient (Wildman–Crippen LogP) is 2.10. The summed E-state index contributed by atoms with van der Waals surface area (Å²) in [5, 5.41) is 7.84. The molecule has 0 saturated carbocycles. The van der Waals surface area contributed by atoms with Crippen molar-refractivity contribution in [2.24, 2.45) is 0 Å². The molecule has 118 valence electrons. The first-order chi connectivity index (χ1) is 10.2. The van der Waals surface area contributed by atoms with E-state index in [0.29, 0.717) is 17.1 Å². The van der Waals surface area contributed by atoms with Gasteiger partial charge in [-0.25, -0.2) is 12.8 Å². The Kier molecular flexibility index (Phi) is 4.32. The molecule has 8 heteroatoms. The van der Waals surface area contributed by atoms with Crippen LogP contribution in [-0.2, 0) is 10.0 Å². The maximum absolute atomic E-state index is 13.9. The summed E-state index contributed by atoms with van der Waals surface area (Å²) in [5.41, 5.74) is 1.44. The van der Waals surface area contributed by atoms with E-state index in [1.165, 1.54) is 12.1 Å². The summed E-state index contributed by atoms with van der Waals surface area (Å²) >= 11 is 0. The van der Waals surface area contributed by atoms with Gasteiger partial charge in [0.15, 0.2) is 5.82 Å². The SMILES string of the molecule is Cc1ccc(S(=O)(=O)Nc2cc(C)nnc2N(C)C)c(F)c1. The van der Waals surface area contributed by atoms with Crippen LogP contribution in [0.4, 0.5) is 15.9 Å². The minimum absolute atomic E-state index is 0.248. The summed E-state index contributed by atoms with van der Waals surface area (Å²) in [4.78, 5) is 1.22. The van der Waals surface area contributed by atoms with Crippen LogP contribution in [0.25, 0.3) is 0 Å². The average molecular weight is 324 g/mol. The van der Waals surface area contributed by atoms with E-state index in [1.54, 1.807) is 45.0 Å². The van der Waals surface area contributed by atoms with Gasteiger partial charge in [-0.3, -0.25) is 4.72 Å². The molecule has 0 unspecified atom stereocenters. The second-order valence-corrected chi connectivity index (χ2v) is 6.81. The number of aromatic nitrogens is 2. The number of nitrogens with zero attached hydrogens (tertiary/aromatic N) is 3. The van der Waals surface area contributed by atoms with Crippen molar-refractivity contribution in [1.82, 2.24) is 10.2 Å². The molecule has 1 N–H and O–H groups in total. The van der Waals surface area contributed by atoms with Crippen LogP contribution < -0.4 is 9.62 Å². The van der Waals surface area contributed by atoms with Crippen molar-refractivity contribution in [3.8, 4) is 0 Å². The third-order valence-electron chi connectivity index (χ3n) is 2.94. The van der Waals surface area contributed by atoms with E-state index in [9.17, 15) is 12.8 Å². The quantitative estimate of drug-likeness (QED) is 0.932. The molecule has 0 radical (unpaired) electrons. The van der Waals surface area contributed by atoms with Crippen LogP contribution in [0.5, 0.6) is 0 Å². The molecule has 1 aromatic carbocycles. The van der Waals surface area contributed by atoms with Gasteiger partial charge in [0.1, 0.15) is 10.7 Å². The van der Waals surface area contributed by atoms with Crippen LogP contribution in [0, 0.1) is 19.7 Å². The number of anilines is 2. The molecule has 0 atom stereocenters. The lowest BCUT2D eigenvalue weighted by molar-refractivity contribution is 0.569. The van der Waals surface area contributed by atoms with E-state index in [2.05, 4.69) is 14.9 Å². The van der Waals surface area contributed by atoms with Crippen LogP contribution in [0.15, 0.2) is 29.2 Å². The summed E-state index contributed by atoms with van der Waals surface area (Å²) in [5.74, 6) is -0.445. The molecule has 0 spiro atoms. The lowest BCUT2D eigenvalue weighted by atomic mass is 10.2. The van der Waals surface area contributed by atoms with Crippen LogP contribution in [-0.4, -0.2) is 32.7 Å². The smallest absolute Gasteiger partial charge is 0.264 e. The van der Waals surface area contributed by atoms with Crippen molar-refractivity contribution in [2.75, 3.05) is 23.7 Å². The van der Waals surface area contributed by atoms with E-state index in [0.717, 1.165) is 0 Å². The first-order valence-electron chi connectivity index (χ1n) is 6.51. The zero-order chi connectivity index (χ0) is 16.5. The van der Waals surface area contributed by atoms with E-state index < -0.39 is 20.7 Å². The van der Waals surface area contributed by atoms with Crippen LogP contribution in [0.2, 0.25) is 0 Å². The standard InChI is InChI=1S/C14H17FN4O2S/c1-9-5-6-13(11(15)7-9)22(20,21)18-12-8-10(2)16-17-14(12)19(3)4/h5-8H,1-4H3,(H,16,18). The largest absolute Gasteiger partial charge is 0.360 e. The first kappa shape index (κ1) is 16.2. The summed E-state index contributed by atoms with van der Waals surface area (Å²) in [6.07, 6.45) is 0. The molecule has 2 aromatic rings. The summed E-state index contributed by atoms with van der Waals surface area (Å²) in [6.45, 7) is 3.38. The van der Waals surface area contributed by atoms with E-state index >= 15 is 0 Å². The van der Waals surface area contributed by atoms with Gasteiger partial charge >= 0.3 is 0 Å². The molecule has 1 aromatic heterocycles. The highest BCUT2D eigenvalue weighted by atomic mass is 32.2. The molecular weight excluding hydrogens is 307 g/mol. The molecule has 0 aliphatic carbocycles. The Bertz CT molecular complexity index is 806. The van der Waals surface area contributed by atoms with Crippen molar-refractivity contribution in [3.63, 3.8) is 0 Å². The monoisotopic (exact) mass is 324 g/mol. The molecular formula is C14H17FN4O2S. The van der Waals surface area contributed by atoms with Gasteiger partial charge in [-0.05, 0) is 37.6 Å². The van der Waals surface area contributed by atoms with Gasteiger partial charge in [-0.1, -0.05) is 6.07 Å². The average Bonchev–Trinajstić information content (AvgIpc) is 2.37. The number of hydrogen-bond donors (Lipinski definition) is 1. The Morgan fingerprint density at radius 2 is 1.82 bits per heavy atom. The highest BCUT2D eigenvalue weighted by molar-refractivity contribution is 7.92. The van der Waals surface area contributed by atoms with E-state index in [-0.39, 0.29) is 5.69 Å². The van der Waals surface area contributed by atoms with Crippen molar-refractivity contribution in [3.05, 3.63) is 41.3 Å². The Balaban J connectivity index is 2.47. The second-order valence-electron chi connectivity index (χ2n) is 5.16. The molecule has 22 heavy (non-hydrogen) atoms. The number of rotatable bonds is 4. The highest BCUT2D eigenvalue weighted by Crippen LogP contribution is 2.25. The molecule has 0 aliphatic rings. The summed E-state index contributed by atoms with van der Waals surface area (Å²) < 4.78 is 41.1.